The number of hydrogen-bond acceptors (Lipinski definition) is 2. The zero-order valence-electron chi connectivity index (χ0n) is 6.90. The highest BCUT2D eigenvalue weighted by molar-refractivity contribution is 5.77. The van der Waals surface area contributed by atoms with Gasteiger partial charge in [-0.25, -0.2) is 0 Å². The molecule has 72 valence electrons. The zero-order valence-corrected chi connectivity index (χ0v) is 6.90. The lowest BCUT2D eigenvalue weighted by atomic mass is 10.5. The Hall–Kier alpha value is -0.780. The van der Waals surface area contributed by atoms with E-state index in [1.54, 1.807) is 0 Å². The summed E-state index contributed by atoms with van der Waals surface area (Å²) in [5.41, 5.74) is 0. The Kier molecular flexibility index (Phi) is 4.02. The van der Waals surface area contributed by atoms with Gasteiger partial charge in [-0.3, -0.25) is 4.79 Å². The minimum Gasteiger partial charge on any atom is -0.336 e. The smallest absolute Gasteiger partial charge is 0.336 e. The molecule has 0 aliphatic rings. The third-order valence-corrected chi connectivity index (χ3v) is 1.17. The van der Waals surface area contributed by atoms with Crippen LogP contribution in [0.15, 0.2) is 0 Å². The summed E-state index contributed by atoms with van der Waals surface area (Å²) in [5, 5.41) is 2.48. The Labute approximate surface area is 68.5 Å². The van der Waals surface area contributed by atoms with Crippen molar-refractivity contribution in [3.8, 4) is 0 Å². The second-order valence-electron chi connectivity index (χ2n) is 2.40. The van der Waals surface area contributed by atoms with Crippen LogP contribution in [0.4, 0.5) is 13.2 Å². The Morgan fingerprint density at radius 2 is 2.00 bits per heavy atom. The van der Waals surface area contributed by atoms with Gasteiger partial charge in [-0.2, -0.15) is 13.2 Å². The molecular formula is C6H11F3N2O. The van der Waals surface area contributed by atoms with Crippen LogP contribution in [0, 0.1) is 0 Å². The van der Waals surface area contributed by atoms with Crippen LogP contribution in [0.2, 0.25) is 0 Å². The standard InChI is InChI=1S/C6H11F3N2O/c1-10-3-5(12)11(2)4-6(7,8)9/h10H,3-4H2,1-2H3. The van der Waals surface area contributed by atoms with Crippen LogP contribution in [0.5, 0.6) is 0 Å². The molecule has 0 aliphatic heterocycles. The average molecular weight is 184 g/mol. The summed E-state index contributed by atoms with van der Waals surface area (Å²) in [7, 11) is 2.62. The number of carbonyl (C=O) groups is 1. The Bertz CT molecular complexity index is 157. The van der Waals surface area contributed by atoms with E-state index in [0.29, 0.717) is 4.90 Å². The first kappa shape index (κ1) is 11.2. The molecule has 0 aromatic carbocycles. The lowest BCUT2D eigenvalue weighted by Crippen LogP contribution is -2.39. The van der Waals surface area contributed by atoms with Crippen LogP contribution >= 0.6 is 0 Å². The maximum absolute atomic E-state index is 11.7. The summed E-state index contributed by atoms with van der Waals surface area (Å²) in [6.07, 6.45) is -4.32. The minimum absolute atomic E-state index is 0.0768. The van der Waals surface area contributed by atoms with E-state index in [9.17, 15) is 18.0 Å². The van der Waals surface area contributed by atoms with Crippen molar-refractivity contribution in [2.75, 3.05) is 27.2 Å². The molecule has 1 amide bonds. The maximum atomic E-state index is 11.7. The second kappa shape index (κ2) is 4.30. The van der Waals surface area contributed by atoms with Crippen molar-refractivity contribution in [2.24, 2.45) is 0 Å². The summed E-state index contributed by atoms with van der Waals surface area (Å²) < 4.78 is 35.1. The fraction of sp³-hybridized carbons (Fsp3) is 0.833. The number of halogens is 3. The van der Waals surface area contributed by atoms with Crippen LogP contribution in [0.25, 0.3) is 0 Å². The van der Waals surface area contributed by atoms with Gasteiger partial charge in [0.25, 0.3) is 0 Å². The number of likely N-dealkylation sites (N-methyl/N-ethyl adjacent to an activating group) is 2. The lowest BCUT2D eigenvalue weighted by molar-refractivity contribution is -0.157. The van der Waals surface area contributed by atoms with Gasteiger partial charge in [-0.1, -0.05) is 0 Å². The molecule has 0 aromatic heterocycles. The first-order valence-electron chi connectivity index (χ1n) is 3.32. The van der Waals surface area contributed by atoms with E-state index in [-0.39, 0.29) is 6.54 Å². The van der Waals surface area contributed by atoms with Crippen LogP contribution in [0.1, 0.15) is 0 Å². The Balaban J connectivity index is 3.87. The van der Waals surface area contributed by atoms with Gasteiger partial charge in [0, 0.05) is 7.05 Å². The quantitative estimate of drug-likeness (QED) is 0.680. The van der Waals surface area contributed by atoms with Crippen molar-refractivity contribution in [3.05, 3.63) is 0 Å². The van der Waals surface area contributed by atoms with Gasteiger partial charge in [0.1, 0.15) is 6.54 Å². The molecule has 0 spiro atoms. The number of nitrogens with zero attached hydrogens (tertiary/aromatic N) is 1. The minimum atomic E-state index is -4.32. The summed E-state index contributed by atoms with van der Waals surface area (Å²) in [6, 6.07) is 0. The van der Waals surface area contributed by atoms with Gasteiger partial charge in [0.2, 0.25) is 5.91 Å². The Morgan fingerprint density at radius 1 is 1.50 bits per heavy atom. The fourth-order valence-corrected chi connectivity index (χ4v) is 0.643. The van der Waals surface area contributed by atoms with E-state index < -0.39 is 18.6 Å². The van der Waals surface area contributed by atoms with Gasteiger partial charge >= 0.3 is 6.18 Å². The van der Waals surface area contributed by atoms with Crippen LogP contribution in [0.3, 0.4) is 0 Å². The zero-order chi connectivity index (χ0) is 9.78. The van der Waals surface area contributed by atoms with Gasteiger partial charge in [-0.05, 0) is 7.05 Å². The predicted octanol–water partition coefficient (Wildman–Crippen LogP) is 0.226. The number of amides is 1. The first-order chi connectivity index (χ1) is 5.37. The van der Waals surface area contributed by atoms with Gasteiger partial charge in [-0.15, -0.1) is 0 Å². The van der Waals surface area contributed by atoms with Crippen LogP contribution in [-0.2, 0) is 4.79 Å². The largest absolute Gasteiger partial charge is 0.406 e. The maximum Gasteiger partial charge on any atom is 0.406 e. The van der Waals surface area contributed by atoms with Crippen molar-refractivity contribution in [1.82, 2.24) is 10.2 Å². The molecule has 0 rings (SSSR count). The second-order valence-corrected chi connectivity index (χ2v) is 2.40. The fourth-order valence-electron chi connectivity index (χ4n) is 0.643. The van der Waals surface area contributed by atoms with Gasteiger partial charge in [0.05, 0.1) is 6.54 Å². The van der Waals surface area contributed by atoms with Crippen molar-refractivity contribution in [3.63, 3.8) is 0 Å². The molecule has 0 aromatic rings. The van der Waals surface area contributed by atoms with Gasteiger partial charge in [0.15, 0.2) is 0 Å². The highest BCUT2D eigenvalue weighted by Gasteiger charge is 2.30. The van der Waals surface area contributed by atoms with Crippen molar-refractivity contribution >= 4 is 5.91 Å². The van der Waals surface area contributed by atoms with E-state index in [1.165, 1.54) is 7.05 Å². The molecule has 6 heteroatoms. The first-order valence-corrected chi connectivity index (χ1v) is 3.32. The number of rotatable bonds is 3. The molecule has 0 radical (unpaired) electrons. The summed E-state index contributed by atoms with van der Waals surface area (Å²) in [5.74, 6) is -0.574. The predicted molar refractivity (Wildman–Crippen MR) is 37.6 cm³/mol. The number of carbonyl (C=O) groups excluding carboxylic acids is 1. The highest BCUT2D eigenvalue weighted by Crippen LogP contribution is 2.15. The molecule has 3 nitrogen and oxygen atoms in total. The van der Waals surface area contributed by atoms with E-state index in [0.717, 1.165) is 7.05 Å². The molecule has 12 heavy (non-hydrogen) atoms. The molecule has 0 fully saturated rings. The summed E-state index contributed by atoms with van der Waals surface area (Å²) >= 11 is 0. The molecule has 0 atom stereocenters. The molecule has 0 aliphatic carbocycles. The molecule has 0 saturated heterocycles. The molecule has 0 saturated carbocycles. The van der Waals surface area contributed by atoms with E-state index >= 15 is 0 Å². The van der Waals surface area contributed by atoms with E-state index in [1.807, 2.05) is 0 Å². The number of nitrogens with one attached hydrogen (secondary N) is 1. The monoisotopic (exact) mass is 184 g/mol. The number of alkyl halides is 3. The highest BCUT2D eigenvalue weighted by atomic mass is 19.4. The number of hydrogen-bond donors (Lipinski definition) is 1. The SMILES string of the molecule is CNCC(=O)N(C)CC(F)(F)F. The molecule has 1 N–H and O–H groups in total. The summed E-state index contributed by atoms with van der Waals surface area (Å²) in [6.45, 7) is -1.28. The Morgan fingerprint density at radius 3 is 2.33 bits per heavy atom. The van der Waals surface area contributed by atoms with Crippen LogP contribution in [-0.4, -0.2) is 44.2 Å². The third-order valence-electron chi connectivity index (χ3n) is 1.17. The molecular weight excluding hydrogens is 173 g/mol. The van der Waals surface area contributed by atoms with Crippen molar-refractivity contribution in [2.45, 2.75) is 6.18 Å². The van der Waals surface area contributed by atoms with Crippen molar-refractivity contribution in [1.29, 1.82) is 0 Å². The third kappa shape index (κ3) is 4.95. The van der Waals surface area contributed by atoms with Crippen LogP contribution < -0.4 is 5.32 Å². The van der Waals surface area contributed by atoms with E-state index in [2.05, 4.69) is 5.32 Å². The average Bonchev–Trinajstić information content (AvgIpc) is 1.84. The molecule has 0 bridgehead atoms. The molecule has 0 heterocycles. The van der Waals surface area contributed by atoms with E-state index in [4.69, 9.17) is 0 Å². The summed E-state index contributed by atoms with van der Waals surface area (Å²) in [4.78, 5) is 11.4. The lowest BCUT2D eigenvalue weighted by Gasteiger charge is -2.18. The molecule has 0 unspecified atom stereocenters. The van der Waals surface area contributed by atoms with Gasteiger partial charge < -0.3 is 10.2 Å². The van der Waals surface area contributed by atoms with Crippen molar-refractivity contribution < 1.29 is 18.0 Å². The topological polar surface area (TPSA) is 32.3 Å². The normalized spacial score (nSPS) is 11.4.